The molecule has 0 saturated heterocycles. The molecule has 88 valence electrons. The van der Waals surface area contributed by atoms with Gasteiger partial charge in [-0.2, -0.15) is 5.10 Å². The molecule has 9 heteroatoms. The summed E-state index contributed by atoms with van der Waals surface area (Å²) >= 11 is 0.908. The first-order valence-corrected chi connectivity index (χ1v) is 5.38. The summed E-state index contributed by atoms with van der Waals surface area (Å²) in [5.74, 6) is -1.02. The molecule has 0 saturated carbocycles. The van der Waals surface area contributed by atoms with Gasteiger partial charge in [0.2, 0.25) is 0 Å². The predicted molar refractivity (Wildman–Crippen MR) is 56.5 cm³/mol. The van der Waals surface area contributed by atoms with E-state index in [1.165, 1.54) is 12.1 Å². The normalized spacial score (nSPS) is 10.4. The van der Waals surface area contributed by atoms with E-state index >= 15 is 0 Å². The molecule has 0 aromatic carbocycles. The van der Waals surface area contributed by atoms with Gasteiger partial charge in [0.15, 0.2) is 0 Å². The van der Waals surface area contributed by atoms with Gasteiger partial charge < -0.3 is 9.52 Å². The van der Waals surface area contributed by atoms with Crippen LogP contribution < -0.4 is 5.56 Å². The van der Waals surface area contributed by atoms with Crippen molar-refractivity contribution in [3.8, 4) is 11.6 Å². The Bertz CT molecular complexity index is 573. The quantitative estimate of drug-likeness (QED) is 0.731. The van der Waals surface area contributed by atoms with E-state index in [4.69, 9.17) is 9.52 Å². The minimum atomic E-state index is -0.975. The summed E-state index contributed by atoms with van der Waals surface area (Å²) in [4.78, 5) is 21.1. The van der Waals surface area contributed by atoms with Gasteiger partial charge in [-0.25, -0.2) is 5.10 Å². The fourth-order valence-corrected chi connectivity index (χ4v) is 1.44. The highest BCUT2D eigenvalue weighted by Gasteiger charge is 2.11. The zero-order valence-electron chi connectivity index (χ0n) is 8.28. The third-order valence-electron chi connectivity index (χ3n) is 1.62. The van der Waals surface area contributed by atoms with Gasteiger partial charge in [0.25, 0.3) is 16.7 Å². The summed E-state index contributed by atoms with van der Waals surface area (Å²) in [6, 6.07) is 2.70. The Morgan fingerprint density at radius 2 is 2.29 bits per heavy atom. The third kappa shape index (κ3) is 2.91. The molecule has 0 spiro atoms. The third-order valence-corrected chi connectivity index (χ3v) is 2.43. The van der Waals surface area contributed by atoms with Crippen molar-refractivity contribution >= 4 is 17.7 Å². The van der Waals surface area contributed by atoms with Gasteiger partial charge in [-0.1, -0.05) is 11.8 Å². The number of aromatic amines is 1. The Morgan fingerprint density at radius 3 is 2.94 bits per heavy atom. The molecule has 0 amide bonds. The maximum Gasteiger partial charge on any atom is 0.314 e. The highest BCUT2D eigenvalue weighted by atomic mass is 32.2. The van der Waals surface area contributed by atoms with E-state index < -0.39 is 5.97 Å². The largest absolute Gasteiger partial charge is 0.481 e. The van der Waals surface area contributed by atoms with Crippen LogP contribution in [0.4, 0.5) is 0 Å². The molecule has 2 heterocycles. The molecular weight excluding hydrogens is 248 g/mol. The van der Waals surface area contributed by atoms with Crippen LogP contribution in [-0.2, 0) is 4.79 Å². The number of aliphatic carboxylic acids is 1. The second kappa shape index (κ2) is 4.78. The molecule has 17 heavy (non-hydrogen) atoms. The minimum absolute atomic E-state index is 0.120. The lowest BCUT2D eigenvalue weighted by Crippen LogP contribution is -2.05. The van der Waals surface area contributed by atoms with Gasteiger partial charge in [0.1, 0.15) is 11.4 Å². The van der Waals surface area contributed by atoms with Crippen LogP contribution in [-0.4, -0.2) is 37.2 Å². The van der Waals surface area contributed by atoms with Crippen LogP contribution in [0.2, 0.25) is 0 Å². The molecule has 2 rings (SSSR count). The summed E-state index contributed by atoms with van der Waals surface area (Å²) in [7, 11) is 0. The number of carbonyl (C=O) groups is 1. The monoisotopic (exact) mass is 254 g/mol. The molecule has 8 nitrogen and oxygen atoms in total. The lowest BCUT2D eigenvalue weighted by atomic mass is 10.4. The molecule has 0 atom stereocenters. The van der Waals surface area contributed by atoms with Gasteiger partial charge in [-0.05, 0) is 6.07 Å². The van der Waals surface area contributed by atoms with Crippen LogP contribution in [0.25, 0.3) is 11.6 Å². The Morgan fingerprint density at radius 1 is 1.47 bits per heavy atom. The fraction of sp³-hybridized carbons (Fsp3) is 0.125. The standard InChI is InChI=1S/C8H6N4O4S/c13-5-2-1-4(9-10-5)7-11-12-8(16-7)17-3-6(14)15/h1-2H,3H2,(H,10,13)(H,14,15). The molecular formula is C8H6N4O4S. The predicted octanol–water partition coefficient (Wildman–Crippen LogP) is -0.00340. The fourth-order valence-electron chi connectivity index (χ4n) is 0.959. The second-order valence-electron chi connectivity index (χ2n) is 2.86. The first-order chi connectivity index (χ1) is 8.15. The van der Waals surface area contributed by atoms with E-state index in [0.29, 0.717) is 5.69 Å². The van der Waals surface area contributed by atoms with E-state index in [1.807, 2.05) is 0 Å². The van der Waals surface area contributed by atoms with Crippen LogP contribution in [0, 0.1) is 0 Å². The lowest BCUT2D eigenvalue weighted by molar-refractivity contribution is -0.133. The van der Waals surface area contributed by atoms with Crippen LogP contribution >= 0.6 is 11.8 Å². The van der Waals surface area contributed by atoms with Gasteiger partial charge in [-0.3, -0.25) is 9.59 Å². The minimum Gasteiger partial charge on any atom is -0.481 e. The van der Waals surface area contributed by atoms with E-state index in [9.17, 15) is 9.59 Å². The molecule has 0 radical (unpaired) electrons. The van der Waals surface area contributed by atoms with Gasteiger partial charge in [0.05, 0.1) is 0 Å². The summed E-state index contributed by atoms with van der Waals surface area (Å²) in [6.07, 6.45) is 0. The number of carboxylic acid groups (broad SMARTS) is 1. The Hall–Kier alpha value is -2.16. The molecule has 2 aromatic heterocycles. The maximum absolute atomic E-state index is 10.8. The number of nitrogens with zero attached hydrogens (tertiary/aromatic N) is 3. The maximum atomic E-state index is 10.8. The zero-order chi connectivity index (χ0) is 12.3. The van der Waals surface area contributed by atoms with Crippen molar-refractivity contribution in [2.75, 3.05) is 5.75 Å². The van der Waals surface area contributed by atoms with E-state index in [2.05, 4.69) is 20.4 Å². The van der Waals surface area contributed by atoms with Crippen molar-refractivity contribution in [2.45, 2.75) is 5.22 Å². The highest BCUT2D eigenvalue weighted by molar-refractivity contribution is 7.99. The number of H-pyrrole nitrogens is 1. The molecule has 2 N–H and O–H groups in total. The molecule has 0 aliphatic heterocycles. The average Bonchev–Trinajstić information content (AvgIpc) is 2.76. The summed E-state index contributed by atoms with van der Waals surface area (Å²) in [5, 5.41) is 21.8. The van der Waals surface area contributed by atoms with Crippen LogP contribution in [0.3, 0.4) is 0 Å². The van der Waals surface area contributed by atoms with Crippen molar-refractivity contribution < 1.29 is 14.3 Å². The summed E-state index contributed by atoms with van der Waals surface area (Å²) in [6.45, 7) is 0. The first kappa shape index (κ1) is 11.3. The lowest BCUT2D eigenvalue weighted by Gasteiger charge is -1.91. The smallest absolute Gasteiger partial charge is 0.314 e. The Labute approximate surface area is 98.1 Å². The molecule has 0 aliphatic rings. The SMILES string of the molecule is O=C(O)CSc1nnc(-c2ccc(=O)[nH]n2)o1. The molecule has 0 unspecified atom stereocenters. The van der Waals surface area contributed by atoms with Crippen LogP contribution in [0.15, 0.2) is 26.6 Å². The van der Waals surface area contributed by atoms with Crippen molar-refractivity contribution in [2.24, 2.45) is 0 Å². The number of hydrogen-bond donors (Lipinski definition) is 2. The van der Waals surface area contributed by atoms with E-state index in [0.717, 1.165) is 11.8 Å². The number of thioether (sulfide) groups is 1. The average molecular weight is 254 g/mol. The summed E-state index contributed by atoms with van der Waals surface area (Å²) < 4.78 is 5.15. The number of rotatable bonds is 4. The molecule has 0 fully saturated rings. The van der Waals surface area contributed by atoms with Crippen LogP contribution in [0.1, 0.15) is 0 Å². The van der Waals surface area contributed by atoms with E-state index in [-0.39, 0.29) is 22.4 Å². The van der Waals surface area contributed by atoms with Crippen molar-refractivity contribution in [1.29, 1.82) is 0 Å². The van der Waals surface area contributed by atoms with Gasteiger partial charge >= 0.3 is 5.97 Å². The van der Waals surface area contributed by atoms with Crippen molar-refractivity contribution in [3.05, 3.63) is 22.5 Å². The molecule has 0 aliphatic carbocycles. The van der Waals surface area contributed by atoms with Gasteiger partial charge in [0, 0.05) is 6.07 Å². The van der Waals surface area contributed by atoms with Crippen LogP contribution in [0.5, 0.6) is 0 Å². The Kier molecular flexibility index (Phi) is 3.19. The number of nitrogens with one attached hydrogen (secondary N) is 1. The Balaban J connectivity index is 2.15. The van der Waals surface area contributed by atoms with Crippen molar-refractivity contribution in [1.82, 2.24) is 20.4 Å². The highest BCUT2D eigenvalue weighted by Crippen LogP contribution is 2.20. The number of aromatic nitrogens is 4. The molecule has 2 aromatic rings. The second-order valence-corrected chi connectivity index (χ2v) is 3.79. The first-order valence-electron chi connectivity index (χ1n) is 4.39. The van der Waals surface area contributed by atoms with E-state index in [1.54, 1.807) is 0 Å². The summed E-state index contributed by atoms with van der Waals surface area (Å²) in [5.41, 5.74) is -0.0204. The molecule has 0 bridgehead atoms. The number of carboxylic acids is 1. The zero-order valence-corrected chi connectivity index (χ0v) is 9.10. The number of hydrogen-bond acceptors (Lipinski definition) is 7. The topological polar surface area (TPSA) is 122 Å². The van der Waals surface area contributed by atoms with Crippen molar-refractivity contribution in [3.63, 3.8) is 0 Å². The van der Waals surface area contributed by atoms with Gasteiger partial charge in [-0.15, -0.1) is 10.2 Å².